The first kappa shape index (κ1) is 65.7. The molecule has 11 rings (SSSR count). The van der Waals surface area contributed by atoms with E-state index in [1.807, 2.05) is 93.6 Å². The smallest absolute Gasteiger partial charge is 1.00 e. The fraction of sp³-hybridized carbons (Fsp3) is 0.229. The second kappa shape index (κ2) is 30.1. The first-order valence-electron chi connectivity index (χ1n) is 28.6. The van der Waals surface area contributed by atoms with E-state index >= 15 is 0 Å². The molecular weight excluding hydrogens is 1140 g/mol. The van der Waals surface area contributed by atoms with Crippen LogP contribution in [0.1, 0.15) is 91.3 Å². The number of sulfonamides is 3. The minimum atomic E-state index is -4.03. The molecule has 2 aliphatic rings. The number of fused-ring (bicyclic) bond motifs is 12. The van der Waals surface area contributed by atoms with Gasteiger partial charge in [0, 0.05) is 65.4 Å². The van der Waals surface area contributed by atoms with Crippen molar-refractivity contribution in [3.63, 3.8) is 0 Å². The average molecular weight is 1210 g/mol. The van der Waals surface area contributed by atoms with Crippen molar-refractivity contribution >= 4 is 47.4 Å². The average Bonchev–Trinajstić information content (AvgIpc) is 3.60. The first-order valence-corrected chi connectivity index (χ1v) is 32.9. The molecule has 2 aliphatic heterocycles. The van der Waals surface area contributed by atoms with Crippen LogP contribution in [0.2, 0.25) is 0 Å². The molecule has 0 aliphatic carbocycles. The van der Waals surface area contributed by atoms with Crippen LogP contribution in [0.3, 0.4) is 0 Å². The van der Waals surface area contributed by atoms with Gasteiger partial charge in [0.2, 0.25) is 30.1 Å². The Balaban J connectivity index is 0.000000302. The van der Waals surface area contributed by atoms with Crippen molar-refractivity contribution in [1.82, 2.24) is 23.5 Å². The molecule has 0 unspecified atom stereocenters. The van der Waals surface area contributed by atoms with Gasteiger partial charge in [0.1, 0.15) is 0 Å². The monoisotopic (exact) mass is 1210 g/mol. The summed E-state index contributed by atoms with van der Waals surface area (Å²) in [5.41, 5.74) is 15.2. The Bertz CT molecular complexity index is 3550. The van der Waals surface area contributed by atoms with Gasteiger partial charge in [0.05, 0.1) is 14.7 Å². The van der Waals surface area contributed by atoms with E-state index in [9.17, 15) is 25.3 Å². The van der Waals surface area contributed by atoms with E-state index in [1.54, 1.807) is 72.8 Å². The molecular formula is C70H77AlLiN5O6S3. The van der Waals surface area contributed by atoms with Gasteiger partial charge in [-0.1, -0.05) is 199 Å². The Hall–Kier alpha value is -6.24. The molecule has 0 fully saturated rings. The molecule has 12 bridgehead atoms. The van der Waals surface area contributed by atoms with Gasteiger partial charge in [-0.25, -0.2) is 25.3 Å². The van der Waals surface area contributed by atoms with Crippen molar-refractivity contribution in [2.24, 2.45) is 0 Å². The fourth-order valence-corrected chi connectivity index (χ4v) is 15.0. The molecule has 16 heteroatoms. The van der Waals surface area contributed by atoms with E-state index in [2.05, 4.69) is 83.4 Å². The molecule has 0 saturated carbocycles. The Kier molecular flexibility index (Phi) is 23.0. The van der Waals surface area contributed by atoms with Crippen LogP contribution in [-0.2, 0) is 108 Å². The molecule has 0 spiro atoms. The van der Waals surface area contributed by atoms with Gasteiger partial charge < -0.3 is 12.1 Å². The van der Waals surface area contributed by atoms with Crippen molar-refractivity contribution in [2.45, 2.75) is 120 Å². The van der Waals surface area contributed by atoms with E-state index in [1.165, 1.54) is 52.7 Å². The van der Waals surface area contributed by atoms with Crippen molar-refractivity contribution in [1.29, 1.82) is 0 Å². The van der Waals surface area contributed by atoms with Gasteiger partial charge in [0.15, 0.2) is 17.4 Å². The maximum absolute atomic E-state index is 14.4. The van der Waals surface area contributed by atoms with Crippen LogP contribution in [0.15, 0.2) is 233 Å². The van der Waals surface area contributed by atoms with Crippen molar-refractivity contribution < 1.29 is 45.5 Å². The number of rotatable bonds is 6. The summed E-state index contributed by atoms with van der Waals surface area (Å²) in [5.74, 6) is 0. The number of aryl methyl sites for hydroxylation is 5. The molecule has 440 valence electrons. The fourth-order valence-electron chi connectivity index (χ4n) is 10.8. The molecule has 0 aromatic heterocycles. The number of nitrogens with zero attached hydrogens (tertiary/aromatic N) is 3. The molecule has 2 heterocycles. The van der Waals surface area contributed by atoms with E-state index in [0.717, 1.165) is 55.7 Å². The summed E-state index contributed by atoms with van der Waals surface area (Å²) < 4.78 is 90.5. The van der Waals surface area contributed by atoms with Crippen molar-refractivity contribution in [3.8, 4) is 0 Å². The van der Waals surface area contributed by atoms with E-state index in [4.69, 9.17) is 0 Å². The van der Waals surface area contributed by atoms with Crippen LogP contribution < -0.4 is 29.5 Å². The maximum Gasteiger partial charge on any atom is 1.00 e. The summed E-state index contributed by atoms with van der Waals surface area (Å²) in [6.45, 7) is 9.37. The second-order valence-corrected chi connectivity index (χ2v) is 28.1. The number of benzene rings is 9. The van der Waals surface area contributed by atoms with Crippen molar-refractivity contribution in [3.05, 3.63) is 302 Å². The van der Waals surface area contributed by atoms with Gasteiger partial charge in [0.25, 0.3) is 0 Å². The van der Waals surface area contributed by atoms with Gasteiger partial charge in [-0.05, 0) is 143 Å². The number of nitrogens with one attached hydrogen (secondary N) is 2. The number of hydrogen-bond acceptors (Lipinski definition) is 8. The van der Waals surface area contributed by atoms with Crippen LogP contribution >= 0.6 is 0 Å². The zero-order valence-electron chi connectivity index (χ0n) is 50.0. The topological polar surface area (TPSA) is 136 Å². The minimum absolute atomic E-state index is 0. The summed E-state index contributed by atoms with van der Waals surface area (Å²) in [4.78, 5) is 0.443. The second-order valence-electron chi connectivity index (χ2n) is 22.2. The predicted molar refractivity (Wildman–Crippen MR) is 346 cm³/mol. The Morgan fingerprint density at radius 3 is 0.744 bits per heavy atom. The molecule has 11 nitrogen and oxygen atoms in total. The molecule has 9 aromatic rings. The third-order valence-corrected chi connectivity index (χ3v) is 20.7. The Morgan fingerprint density at radius 2 is 0.500 bits per heavy atom. The van der Waals surface area contributed by atoms with E-state index in [0.29, 0.717) is 33.4 Å². The standard InChI is InChI=1S/C45H45N3O6S3.C25H28N2.Al.Li.4H/c1-34-13-19-43(20-14-34)55(49,50)46-28-37-7-4-9-39(25-37)30-47(56(51,52)44-21-15-35(2)16-22-44)32-41-11-6-12-42(27-41)33-48(31-40-10-5-8-38(26-40)29-46)57(53,54)45-23-17-36(3)18-24-45;1-5-20-7-2-9-22(13-20)16-26-18-24-11-4-12-25(15-24)19-27-17-23-10-3-8-21(6-1)14-23;;;;;;/h4-27H,28-33H2,1-3H3;2-4,7-15,26-27H,1,5-6,16-19H2;;;;;;/q;;;+1;;;;-1. The van der Waals surface area contributed by atoms with Crippen LogP contribution in [0, 0.1) is 20.8 Å². The molecule has 0 saturated heterocycles. The summed E-state index contributed by atoms with van der Waals surface area (Å²) in [7, 11) is -12.1. The van der Waals surface area contributed by atoms with Crippen LogP contribution in [0.25, 0.3) is 0 Å². The van der Waals surface area contributed by atoms with E-state index < -0.39 is 30.1 Å². The van der Waals surface area contributed by atoms with Crippen LogP contribution in [0.5, 0.6) is 0 Å². The van der Waals surface area contributed by atoms with Gasteiger partial charge in [-0.2, -0.15) is 12.9 Å². The molecule has 86 heavy (non-hydrogen) atoms. The summed E-state index contributed by atoms with van der Waals surface area (Å²) in [6, 6.07) is 69.1. The van der Waals surface area contributed by atoms with Crippen molar-refractivity contribution in [2.75, 3.05) is 0 Å². The van der Waals surface area contributed by atoms with Gasteiger partial charge in [-0.15, -0.1) is 0 Å². The van der Waals surface area contributed by atoms with Crippen LogP contribution in [-0.4, -0.2) is 55.5 Å². The molecule has 0 atom stereocenters. The maximum atomic E-state index is 14.4. The summed E-state index contributed by atoms with van der Waals surface area (Å²) in [6.07, 6.45) is 3.47. The summed E-state index contributed by atoms with van der Waals surface area (Å²) >= 11 is 0. The third kappa shape index (κ3) is 17.5. The minimum Gasteiger partial charge on any atom is -1.00 e. The van der Waals surface area contributed by atoms with Gasteiger partial charge >= 0.3 is 18.9 Å². The first-order chi connectivity index (χ1) is 40.5. The molecule has 0 radical (unpaired) electrons. The number of hydrogen-bond donors (Lipinski definition) is 2. The van der Waals surface area contributed by atoms with E-state index in [-0.39, 0.29) is 91.6 Å². The summed E-state index contributed by atoms with van der Waals surface area (Å²) in [5, 5.41) is 7.18. The predicted octanol–water partition coefficient (Wildman–Crippen LogP) is 8.79. The Morgan fingerprint density at radius 1 is 0.302 bits per heavy atom. The van der Waals surface area contributed by atoms with Gasteiger partial charge in [-0.3, -0.25) is 0 Å². The quantitative estimate of drug-likeness (QED) is 0.158. The SMILES string of the molecule is Cc1ccc(S(=O)(=O)N2Cc3cccc(c3)CN(S(=O)(=O)c3ccc(C)cc3)Cc3cccc(c3)CN(S(=O)(=O)c3ccc(C)cc3)Cc3cccc(c3)C2)cc1.[AlH3].[H-].[Li+].c1cc2cc(c1)CNCc1cccc(c1)CNCc1cccc(c1)CCC2. The zero-order valence-corrected chi connectivity index (χ0v) is 51.4. The van der Waals surface area contributed by atoms with Crippen LogP contribution in [0.4, 0.5) is 0 Å². The molecule has 2 N–H and O–H groups in total. The molecule has 0 amide bonds. The largest absolute Gasteiger partial charge is 1.00 e. The molecule has 9 aromatic carbocycles. The third-order valence-electron chi connectivity index (χ3n) is 15.3. The zero-order chi connectivity index (χ0) is 58.7. The Labute approximate surface area is 534 Å². The normalized spacial score (nSPS) is 15.1.